The van der Waals surface area contributed by atoms with Crippen LogP contribution < -0.4 is 9.62 Å². The van der Waals surface area contributed by atoms with Gasteiger partial charge in [-0.3, -0.25) is 9.10 Å². The molecule has 1 aromatic carbocycles. The Bertz CT molecular complexity index is 700. The summed E-state index contributed by atoms with van der Waals surface area (Å²) in [4.78, 5) is 12.0. The third kappa shape index (κ3) is 7.50. The second kappa shape index (κ2) is 10.7. The van der Waals surface area contributed by atoms with Crippen LogP contribution in [0, 0.1) is 6.92 Å². The van der Waals surface area contributed by atoms with Crippen LogP contribution in [0.15, 0.2) is 24.3 Å². The summed E-state index contributed by atoms with van der Waals surface area (Å²) in [5, 5.41) is 2.88. The Labute approximate surface area is 163 Å². The van der Waals surface area contributed by atoms with Gasteiger partial charge in [0, 0.05) is 26.1 Å². The van der Waals surface area contributed by atoms with Crippen LogP contribution in [-0.2, 0) is 19.6 Å². The average molecular weight is 397 g/mol. The molecule has 1 aliphatic carbocycles. The molecule has 2 rings (SSSR count). The number of para-hydroxylation sites is 1. The summed E-state index contributed by atoms with van der Waals surface area (Å²) in [6.07, 6.45) is 8.03. The minimum absolute atomic E-state index is 0.0471. The van der Waals surface area contributed by atoms with Gasteiger partial charge in [0.05, 0.1) is 18.0 Å². The molecule has 1 fully saturated rings. The smallest absolute Gasteiger partial charge is 0.232 e. The van der Waals surface area contributed by atoms with Crippen LogP contribution in [0.4, 0.5) is 5.69 Å². The minimum atomic E-state index is -3.39. The predicted octanol–water partition coefficient (Wildman–Crippen LogP) is 3.01. The molecule has 0 aliphatic heterocycles. The first-order valence-corrected chi connectivity index (χ1v) is 11.6. The lowest BCUT2D eigenvalue weighted by Gasteiger charge is -2.24. The van der Waals surface area contributed by atoms with Gasteiger partial charge in [0.1, 0.15) is 0 Å². The number of carbonyl (C=O) groups excluding carboxylic acids is 1. The lowest BCUT2D eigenvalue weighted by Crippen LogP contribution is -2.32. The van der Waals surface area contributed by atoms with Crippen molar-refractivity contribution in [2.75, 3.05) is 30.3 Å². The van der Waals surface area contributed by atoms with E-state index in [1.807, 2.05) is 25.1 Å². The van der Waals surface area contributed by atoms with E-state index >= 15 is 0 Å². The zero-order chi connectivity index (χ0) is 19.7. The van der Waals surface area contributed by atoms with Crippen LogP contribution in [0.25, 0.3) is 0 Å². The second-order valence-electron chi connectivity index (χ2n) is 7.21. The van der Waals surface area contributed by atoms with Gasteiger partial charge in [-0.2, -0.15) is 0 Å². The van der Waals surface area contributed by atoms with E-state index in [-0.39, 0.29) is 5.91 Å². The molecular formula is C20H32N2O4S. The molecule has 6 nitrogen and oxygen atoms in total. The van der Waals surface area contributed by atoms with Gasteiger partial charge < -0.3 is 10.1 Å². The van der Waals surface area contributed by atoms with Gasteiger partial charge in [-0.05, 0) is 44.2 Å². The normalized spacial score (nSPS) is 15.0. The summed E-state index contributed by atoms with van der Waals surface area (Å²) in [7, 11) is -3.39. The standard InChI is InChI=1S/C20H32N2O4S/c1-17-9-3-6-12-19(17)22(27(2,24)25)15-7-13-20(23)21-14-8-16-26-18-10-4-5-11-18/h3,6,9,12,18H,4-5,7-8,10-11,13-16H2,1-2H3,(H,21,23). The lowest BCUT2D eigenvalue weighted by molar-refractivity contribution is -0.121. The molecule has 0 saturated heterocycles. The van der Waals surface area contributed by atoms with Crippen molar-refractivity contribution in [2.24, 2.45) is 0 Å². The van der Waals surface area contributed by atoms with E-state index in [9.17, 15) is 13.2 Å². The average Bonchev–Trinajstić information content (AvgIpc) is 3.12. The maximum Gasteiger partial charge on any atom is 0.232 e. The fourth-order valence-electron chi connectivity index (χ4n) is 3.38. The number of nitrogens with zero attached hydrogens (tertiary/aromatic N) is 1. The van der Waals surface area contributed by atoms with Gasteiger partial charge >= 0.3 is 0 Å². The van der Waals surface area contributed by atoms with Crippen molar-refractivity contribution >= 4 is 21.6 Å². The molecule has 1 aliphatic rings. The number of carbonyl (C=O) groups is 1. The molecule has 7 heteroatoms. The van der Waals surface area contributed by atoms with Crippen molar-refractivity contribution in [1.82, 2.24) is 5.32 Å². The van der Waals surface area contributed by atoms with Crippen LogP contribution in [0.5, 0.6) is 0 Å². The Morgan fingerprint density at radius 3 is 2.59 bits per heavy atom. The van der Waals surface area contributed by atoms with E-state index < -0.39 is 10.0 Å². The van der Waals surface area contributed by atoms with Crippen molar-refractivity contribution in [3.8, 4) is 0 Å². The molecule has 0 aromatic heterocycles. The fourth-order valence-corrected chi connectivity index (χ4v) is 4.41. The van der Waals surface area contributed by atoms with Crippen molar-refractivity contribution in [3.63, 3.8) is 0 Å². The number of benzene rings is 1. The molecule has 1 N–H and O–H groups in total. The summed E-state index contributed by atoms with van der Waals surface area (Å²) < 4.78 is 31.4. The number of ether oxygens (including phenoxy) is 1. The summed E-state index contributed by atoms with van der Waals surface area (Å²) in [5.41, 5.74) is 1.57. The van der Waals surface area contributed by atoms with E-state index in [2.05, 4.69) is 5.32 Å². The lowest BCUT2D eigenvalue weighted by atomic mass is 10.2. The van der Waals surface area contributed by atoms with Gasteiger partial charge in [-0.1, -0.05) is 31.0 Å². The molecule has 0 bridgehead atoms. The Kier molecular flexibility index (Phi) is 8.57. The molecule has 0 radical (unpaired) electrons. The van der Waals surface area contributed by atoms with E-state index in [1.165, 1.54) is 23.4 Å². The van der Waals surface area contributed by atoms with E-state index in [1.54, 1.807) is 6.07 Å². The van der Waals surface area contributed by atoms with Gasteiger partial charge in [-0.15, -0.1) is 0 Å². The first kappa shape index (κ1) is 21.7. The van der Waals surface area contributed by atoms with E-state index in [0.29, 0.717) is 44.3 Å². The first-order chi connectivity index (χ1) is 12.9. The Hall–Kier alpha value is -1.60. The number of sulfonamides is 1. The van der Waals surface area contributed by atoms with Crippen molar-refractivity contribution in [1.29, 1.82) is 0 Å². The van der Waals surface area contributed by atoms with Crippen LogP contribution in [0.2, 0.25) is 0 Å². The number of hydrogen-bond acceptors (Lipinski definition) is 4. The summed E-state index contributed by atoms with van der Waals surface area (Å²) in [6.45, 7) is 3.45. The van der Waals surface area contributed by atoms with Crippen LogP contribution in [0.1, 0.15) is 50.5 Å². The highest BCUT2D eigenvalue weighted by Crippen LogP contribution is 2.22. The Morgan fingerprint density at radius 2 is 1.93 bits per heavy atom. The molecule has 27 heavy (non-hydrogen) atoms. The van der Waals surface area contributed by atoms with Gasteiger partial charge in [0.2, 0.25) is 15.9 Å². The molecule has 1 aromatic rings. The third-order valence-electron chi connectivity index (χ3n) is 4.85. The zero-order valence-corrected chi connectivity index (χ0v) is 17.3. The number of aryl methyl sites for hydroxylation is 1. The van der Waals surface area contributed by atoms with E-state index in [0.717, 1.165) is 24.8 Å². The summed E-state index contributed by atoms with van der Waals surface area (Å²) in [6, 6.07) is 7.37. The maximum absolute atomic E-state index is 12.1. The topological polar surface area (TPSA) is 75.7 Å². The van der Waals surface area contributed by atoms with Crippen molar-refractivity contribution < 1.29 is 17.9 Å². The molecule has 0 spiro atoms. The highest BCUT2D eigenvalue weighted by Gasteiger charge is 2.19. The Morgan fingerprint density at radius 1 is 1.22 bits per heavy atom. The van der Waals surface area contributed by atoms with Crippen LogP contribution >= 0.6 is 0 Å². The number of amides is 1. The molecule has 0 atom stereocenters. The molecular weight excluding hydrogens is 364 g/mol. The van der Waals surface area contributed by atoms with Crippen LogP contribution in [-0.4, -0.2) is 46.4 Å². The van der Waals surface area contributed by atoms with Crippen molar-refractivity contribution in [3.05, 3.63) is 29.8 Å². The second-order valence-corrected chi connectivity index (χ2v) is 9.11. The summed E-state index contributed by atoms with van der Waals surface area (Å²) in [5.74, 6) is -0.0471. The quantitative estimate of drug-likeness (QED) is 0.584. The maximum atomic E-state index is 12.1. The minimum Gasteiger partial charge on any atom is -0.378 e. The first-order valence-electron chi connectivity index (χ1n) is 9.79. The van der Waals surface area contributed by atoms with Crippen molar-refractivity contribution in [2.45, 2.75) is 58.0 Å². The van der Waals surface area contributed by atoms with Crippen LogP contribution in [0.3, 0.4) is 0 Å². The molecule has 152 valence electrons. The highest BCUT2D eigenvalue weighted by molar-refractivity contribution is 7.92. The number of rotatable bonds is 11. The third-order valence-corrected chi connectivity index (χ3v) is 6.03. The number of hydrogen-bond donors (Lipinski definition) is 1. The monoisotopic (exact) mass is 396 g/mol. The SMILES string of the molecule is Cc1ccccc1N(CCCC(=O)NCCCOC1CCCC1)S(C)(=O)=O. The summed E-state index contributed by atoms with van der Waals surface area (Å²) >= 11 is 0. The van der Waals surface area contributed by atoms with Gasteiger partial charge in [0.15, 0.2) is 0 Å². The number of anilines is 1. The predicted molar refractivity (Wildman–Crippen MR) is 108 cm³/mol. The molecule has 1 saturated carbocycles. The van der Waals surface area contributed by atoms with Gasteiger partial charge in [0.25, 0.3) is 0 Å². The molecule has 0 heterocycles. The molecule has 0 unspecified atom stereocenters. The van der Waals surface area contributed by atoms with Gasteiger partial charge in [-0.25, -0.2) is 8.42 Å². The number of nitrogens with one attached hydrogen (secondary N) is 1. The highest BCUT2D eigenvalue weighted by atomic mass is 32.2. The largest absolute Gasteiger partial charge is 0.378 e. The Balaban J connectivity index is 1.68. The zero-order valence-electron chi connectivity index (χ0n) is 16.4. The fraction of sp³-hybridized carbons (Fsp3) is 0.650. The van der Waals surface area contributed by atoms with E-state index in [4.69, 9.17) is 4.74 Å². The molecule has 1 amide bonds.